The molecule has 1 aromatic heterocycles. The Balaban J connectivity index is 1.66. The van der Waals surface area contributed by atoms with Crippen molar-refractivity contribution in [2.45, 2.75) is 25.7 Å². The summed E-state index contributed by atoms with van der Waals surface area (Å²) in [6, 6.07) is 15.8. The molecular weight excluding hydrogens is 298 g/mol. The summed E-state index contributed by atoms with van der Waals surface area (Å²) >= 11 is 0. The number of nitrogens with one attached hydrogen (secondary N) is 1. The van der Waals surface area contributed by atoms with Gasteiger partial charge in [0, 0.05) is 24.3 Å². The lowest BCUT2D eigenvalue weighted by atomic mass is 10.1. The number of fused-ring (bicyclic) bond motifs is 1. The average Bonchev–Trinajstić information content (AvgIpc) is 2.91. The quantitative estimate of drug-likeness (QED) is 0.777. The van der Waals surface area contributed by atoms with Gasteiger partial charge in [0.1, 0.15) is 5.82 Å². The molecule has 1 N–H and O–H groups in total. The van der Waals surface area contributed by atoms with E-state index < -0.39 is 0 Å². The summed E-state index contributed by atoms with van der Waals surface area (Å²) in [5, 5.41) is 0.627. The van der Waals surface area contributed by atoms with Crippen molar-refractivity contribution in [1.29, 1.82) is 0 Å². The molecule has 1 fully saturated rings. The van der Waals surface area contributed by atoms with Crippen molar-refractivity contribution < 1.29 is 0 Å². The van der Waals surface area contributed by atoms with E-state index in [9.17, 15) is 4.79 Å². The number of H-pyrrole nitrogens is 1. The first-order valence-electron chi connectivity index (χ1n) is 8.66. The van der Waals surface area contributed by atoms with E-state index in [2.05, 4.69) is 27.0 Å². The van der Waals surface area contributed by atoms with Crippen molar-refractivity contribution in [2.75, 3.05) is 18.0 Å². The van der Waals surface area contributed by atoms with Gasteiger partial charge in [-0.25, -0.2) is 4.98 Å². The minimum Gasteiger partial charge on any atom is -0.372 e. The van der Waals surface area contributed by atoms with Crippen LogP contribution >= 0.6 is 0 Å². The Hall–Kier alpha value is -2.62. The van der Waals surface area contributed by atoms with E-state index in [0.29, 0.717) is 11.2 Å². The fraction of sp³-hybridized carbons (Fsp3) is 0.300. The molecule has 0 aliphatic carbocycles. The Labute approximate surface area is 141 Å². The van der Waals surface area contributed by atoms with Crippen LogP contribution in [0, 0.1) is 0 Å². The van der Waals surface area contributed by atoms with Crippen LogP contribution in [-0.2, 0) is 0 Å². The van der Waals surface area contributed by atoms with E-state index in [-0.39, 0.29) is 5.56 Å². The van der Waals surface area contributed by atoms with Crippen LogP contribution in [0.3, 0.4) is 0 Å². The summed E-state index contributed by atoms with van der Waals surface area (Å²) in [5.41, 5.74) is 2.83. The lowest BCUT2D eigenvalue weighted by molar-refractivity contribution is 0.726. The third-order valence-electron chi connectivity index (χ3n) is 4.72. The summed E-state index contributed by atoms with van der Waals surface area (Å²) in [6.07, 6.45) is 5.19. The van der Waals surface area contributed by atoms with Crippen LogP contribution in [-0.4, -0.2) is 23.1 Å². The number of nitrogens with zero attached hydrogens (tertiary/aromatic N) is 2. The molecule has 0 spiro atoms. The number of anilines is 1. The topological polar surface area (TPSA) is 49.0 Å². The van der Waals surface area contributed by atoms with Gasteiger partial charge in [0.15, 0.2) is 0 Å². The van der Waals surface area contributed by atoms with Gasteiger partial charge in [0.2, 0.25) is 0 Å². The van der Waals surface area contributed by atoms with Gasteiger partial charge in [0.05, 0.1) is 10.9 Å². The number of rotatable bonds is 2. The third-order valence-corrected chi connectivity index (χ3v) is 4.72. The number of hydrogen-bond donors (Lipinski definition) is 1. The second kappa shape index (κ2) is 6.48. The molecule has 0 bridgehead atoms. The van der Waals surface area contributed by atoms with Gasteiger partial charge < -0.3 is 9.88 Å². The molecule has 1 saturated heterocycles. The van der Waals surface area contributed by atoms with Crippen molar-refractivity contribution in [3.05, 3.63) is 58.9 Å². The minimum atomic E-state index is -0.0906. The number of para-hydroxylation sites is 1. The summed E-state index contributed by atoms with van der Waals surface area (Å²) in [7, 11) is 0. The number of aromatic nitrogens is 2. The minimum absolute atomic E-state index is 0.0906. The zero-order valence-electron chi connectivity index (χ0n) is 13.7. The monoisotopic (exact) mass is 319 g/mol. The van der Waals surface area contributed by atoms with Crippen LogP contribution in [0.4, 0.5) is 5.69 Å². The molecule has 2 heterocycles. The summed E-state index contributed by atoms with van der Waals surface area (Å²) in [4.78, 5) is 22.2. The SMILES string of the molecule is O=c1[nH]c(-c2ccc(N3CCCCCC3)cc2)nc2ccccc12. The van der Waals surface area contributed by atoms with Crippen LogP contribution in [0.1, 0.15) is 25.7 Å². The van der Waals surface area contributed by atoms with Crippen molar-refractivity contribution >= 4 is 16.6 Å². The Morgan fingerprint density at radius 3 is 2.33 bits per heavy atom. The Morgan fingerprint density at radius 2 is 1.58 bits per heavy atom. The average molecular weight is 319 g/mol. The molecule has 1 aliphatic heterocycles. The molecule has 3 aromatic rings. The molecule has 0 unspecified atom stereocenters. The highest BCUT2D eigenvalue weighted by Gasteiger charge is 2.11. The molecular formula is C20H21N3O. The van der Waals surface area contributed by atoms with Crippen molar-refractivity contribution in [3.8, 4) is 11.4 Å². The summed E-state index contributed by atoms with van der Waals surface area (Å²) in [5.74, 6) is 0.626. The van der Waals surface area contributed by atoms with Gasteiger partial charge in [0.25, 0.3) is 5.56 Å². The van der Waals surface area contributed by atoms with E-state index >= 15 is 0 Å². The van der Waals surface area contributed by atoms with Gasteiger partial charge in [-0.3, -0.25) is 4.79 Å². The first kappa shape index (κ1) is 14.9. The molecule has 1 aliphatic rings. The maximum absolute atomic E-state index is 12.2. The normalized spacial score (nSPS) is 15.4. The maximum Gasteiger partial charge on any atom is 0.259 e. The van der Waals surface area contributed by atoms with E-state index in [4.69, 9.17) is 0 Å². The summed E-state index contributed by atoms with van der Waals surface area (Å²) in [6.45, 7) is 2.26. The highest BCUT2D eigenvalue weighted by Crippen LogP contribution is 2.23. The molecule has 0 radical (unpaired) electrons. The van der Waals surface area contributed by atoms with Crippen molar-refractivity contribution in [2.24, 2.45) is 0 Å². The maximum atomic E-state index is 12.2. The fourth-order valence-electron chi connectivity index (χ4n) is 3.38. The predicted octanol–water partition coefficient (Wildman–Crippen LogP) is 3.97. The van der Waals surface area contributed by atoms with E-state index in [1.54, 1.807) is 6.07 Å². The zero-order chi connectivity index (χ0) is 16.4. The van der Waals surface area contributed by atoms with Gasteiger partial charge in [-0.1, -0.05) is 25.0 Å². The molecule has 4 nitrogen and oxygen atoms in total. The Kier molecular flexibility index (Phi) is 4.03. The predicted molar refractivity (Wildman–Crippen MR) is 98.5 cm³/mol. The van der Waals surface area contributed by atoms with Crippen LogP contribution in [0.15, 0.2) is 53.3 Å². The molecule has 0 saturated carbocycles. The van der Waals surface area contributed by atoms with Crippen LogP contribution in [0.2, 0.25) is 0 Å². The van der Waals surface area contributed by atoms with Gasteiger partial charge >= 0.3 is 0 Å². The van der Waals surface area contributed by atoms with E-state index in [0.717, 1.165) is 24.2 Å². The zero-order valence-corrected chi connectivity index (χ0v) is 13.7. The van der Waals surface area contributed by atoms with Crippen LogP contribution in [0.25, 0.3) is 22.3 Å². The van der Waals surface area contributed by atoms with Crippen LogP contribution in [0.5, 0.6) is 0 Å². The largest absolute Gasteiger partial charge is 0.372 e. The number of aromatic amines is 1. The lowest BCUT2D eigenvalue weighted by Gasteiger charge is -2.22. The summed E-state index contributed by atoms with van der Waals surface area (Å²) < 4.78 is 0. The fourth-order valence-corrected chi connectivity index (χ4v) is 3.38. The van der Waals surface area contributed by atoms with Crippen molar-refractivity contribution in [1.82, 2.24) is 9.97 Å². The standard InChI is InChI=1S/C20H21N3O/c24-20-17-7-3-4-8-18(17)21-19(22-20)15-9-11-16(12-10-15)23-13-5-1-2-6-14-23/h3-4,7-12H,1-2,5-6,13-14H2,(H,21,22,24). The van der Waals surface area contributed by atoms with E-state index in [1.807, 2.05) is 30.3 Å². The van der Waals surface area contributed by atoms with Gasteiger partial charge in [-0.05, 0) is 49.2 Å². The first-order valence-corrected chi connectivity index (χ1v) is 8.66. The highest BCUT2D eigenvalue weighted by molar-refractivity contribution is 5.79. The molecule has 4 rings (SSSR count). The molecule has 2 aromatic carbocycles. The third kappa shape index (κ3) is 2.92. The molecule has 0 amide bonds. The second-order valence-corrected chi connectivity index (χ2v) is 6.38. The van der Waals surface area contributed by atoms with Crippen LogP contribution < -0.4 is 10.5 Å². The van der Waals surface area contributed by atoms with E-state index in [1.165, 1.54) is 31.4 Å². The molecule has 24 heavy (non-hydrogen) atoms. The Bertz CT molecular complexity index is 891. The molecule has 4 heteroatoms. The molecule has 0 atom stereocenters. The Morgan fingerprint density at radius 1 is 0.875 bits per heavy atom. The highest BCUT2D eigenvalue weighted by atomic mass is 16.1. The lowest BCUT2D eigenvalue weighted by Crippen LogP contribution is -2.23. The number of hydrogen-bond acceptors (Lipinski definition) is 3. The second-order valence-electron chi connectivity index (χ2n) is 6.38. The smallest absolute Gasteiger partial charge is 0.259 e. The number of benzene rings is 2. The molecule has 122 valence electrons. The van der Waals surface area contributed by atoms with Gasteiger partial charge in [-0.15, -0.1) is 0 Å². The van der Waals surface area contributed by atoms with Gasteiger partial charge in [-0.2, -0.15) is 0 Å². The van der Waals surface area contributed by atoms with Crippen molar-refractivity contribution in [3.63, 3.8) is 0 Å². The first-order chi connectivity index (χ1) is 11.8.